The number of amides is 2. The Kier molecular flexibility index (Phi) is 7.18. The molecule has 1 aromatic carbocycles. The van der Waals surface area contributed by atoms with E-state index in [1.807, 2.05) is 4.90 Å². The van der Waals surface area contributed by atoms with E-state index in [-0.39, 0.29) is 30.6 Å². The van der Waals surface area contributed by atoms with Gasteiger partial charge in [-0.25, -0.2) is 0 Å². The third-order valence-electron chi connectivity index (χ3n) is 8.44. The Morgan fingerprint density at radius 3 is 2.33 bits per heavy atom. The van der Waals surface area contributed by atoms with E-state index < -0.39 is 0 Å². The molecule has 33 heavy (non-hydrogen) atoms. The third-order valence-corrected chi connectivity index (χ3v) is 8.44. The second-order valence-electron chi connectivity index (χ2n) is 11.9. The molecule has 3 aliphatic rings. The van der Waals surface area contributed by atoms with Crippen LogP contribution in [0.4, 0.5) is 0 Å². The average Bonchev–Trinajstić information content (AvgIpc) is 2.80. The zero-order valence-electron chi connectivity index (χ0n) is 21.2. The first-order chi connectivity index (χ1) is 15.7. The van der Waals surface area contributed by atoms with Gasteiger partial charge in [0.1, 0.15) is 0 Å². The predicted octanol–water partition coefficient (Wildman–Crippen LogP) is 4.91. The summed E-state index contributed by atoms with van der Waals surface area (Å²) in [5.74, 6) is 0.311. The van der Waals surface area contributed by atoms with Gasteiger partial charge in [0.25, 0.3) is 0 Å². The van der Waals surface area contributed by atoms with Gasteiger partial charge in [0, 0.05) is 27.4 Å². The molecule has 5 nitrogen and oxygen atoms in total. The summed E-state index contributed by atoms with van der Waals surface area (Å²) in [5, 5.41) is 3.40. The number of nitrogens with one attached hydrogen (secondary N) is 1. The molecule has 1 N–H and O–H groups in total. The van der Waals surface area contributed by atoms with Crippen LogP contribution in [0.15, 0.2) is 24.3 Å². The molecule has 2 fully saturated rings. The maximum Gasteiger partial charge on any atom is 0.223 e. The lowest BCUT2D eigenvalue weighted by Gasteiger charge is -2.47. The van der Waals surface area contributed by atoms with E-state index in [4.69, 9.17) is 0 Å². The van der Waals surface area contributed by atoms with Crippen LogP contribution in [-0.4, -0.2) is 54.3 Å². The first-order valence-electron chi connectivity index (χ1n) is 13.0. The van der Waals surface area contributed by atoms with Crippen molar-refractivity contribution in [2.75, 3.05) is 32.7 Å². The summed E-state index contributed by atoms with van der Waals surface area (Å²) < 4.78 is 0. The predicted molar refractivity (Wildman–Crippen MR) is 135 cm³/mol. The van der Waals surface area contributed by atoms with Gasteiger partial charge in [0.05, 0.1) is 6.04 Å². The van der Waals surface area contributed by atoms with Crippen molar-refractivity contribution in [1.82, 2.24) is 15.1 Å². The Hall–Kier alpha value is -1.88. The first-order valence-corrected chi connectivity index (χ1v) is 13.0. The molecule has 0 saturated carbocycles. The molecule has 184 valence electrons. The van der Waals surface area contributed by atoms with Gasteiger partial charge in [-0.15, -0.1) is 0 Å². The van der Waals surface area contributed by atoms with Gasteiger partial charge in [0.15, 0.2) is 0 Å². The summed E-state index contributed by atoms with van der Waals surface area (Å²) in [6.07, 6.45) is 7.41. The third kappa shape index (κ3) is 5.62. The number of carbonyl (C=O) groups is 2. The molecule has 0 aromatic heterocycles. The van der Waals surface area contributed by atoms with E-state index in [0.717, 1.165) is 25.7 Å². The Bertz CT molecular complexity index is 849. The summed E-state index contributed by atoms with van der Waals surface area (Å²) in [6.45, 7) is 13.6. The fourth-order valence-electron chi connectivity index (χ4n) is 6.11. The molecule has 2 saturated heterocycles. The fraction of sp³-hybridized carbons (Fsp3) is 0.714. The summed E-state index contributed by atoms with van der Waals surface area (Å²) in [4.78, 5) is 29.2. The molecule has 5 heteroatoms. The van der Waals surface area contributed by atoms with Crippen LogP contribution in [0.1, 0.15) is 91.2 Å². The van der Waals surface area contributed by atoms with Gasteiger partial charge >= 0.3 is 0 Å². The topological polar surface area (TPSA) is 52.7 Å². The summed E-state index contributed by atoms with van der Waals surface area (Å²) in [5.41, 5.74) is 3.47. The molecule has 4 rings (SSSR count). The van der Waals surface area contributed by atoms with Crippen LogP contribution in [-0.2, 0) is 15.0 Å². The lowest BCUT2D eigenvalue weighted by atomic mass is 9.63. The minimum absolute atomic E-state index is 0. The lowest BCUT2D eigenvalue weighted by Crippen LogP contribution is -2.48. The number of likely N-dealkylation sites (tertiary alicyclic amines) is 2. The highest BCUT2D eigenvalue weighted by molar-refractivity contribution is 5.80. The largest absolute Gasteiger partial charge is 0.349 e. The van der Waals surface area contributed by atoms with E-state index in [1.54, 1.807) is 6.92 Å². The van der Waals surface area contributed by atoms with Crippen LogP contribution in [0.5, 0.6) is 0 Å². The first kappa shape index (κ1) is 24.3. The SMILES string of the molecule is CC(=O)N1CCC(C(=O)N[C@H]2CCC3(CCN(CCC(C)(C)C)CC3)c3ccccc32)CC1.[HH]. The zero-order chi connectivity index (χ0) is 23.6. The quantitative estimate of drug-likeness (QED) is 0.702. The number of piperidine rings is 2. The van der Waals surface area contributed by atoms with Crippen molar-refractivity contribution in [1.29, 1.82) is 0 Å². The average molecular weight is 456 g/mol. The molecule has 1 spiro atoms. The monoisotopic (exact) mass is 455 g/mol. The molecule has 1 aliphatic carbocycles. The Labute approximate surface area is 201 Å². The number of benzene rings is 1. The van der Waals surface area contributed by atoms with E-state index in [2.05, 4.69) is 55.3 Å². The van der Waals surface area contributed by atoms with Crippen LogP contribution >= 0.6 is 0 Å². The zero-order valence-corrected chi connectivity index (χ0v) is 21.2. The minimum Gasteiger partial charge on any atom is -0.349 e. The number of fused-ring (bicyclic) bond motifs is 2. The molecule has 2 amide bonds. The Balaban J connectivity index is 0.00000324. The summed E-state index contributed by atoms with van der Waals surface area (Å²) >= 11 is 0. The highest BCUT2D eigenvalue weighted by Crippen LogP contribution is 2.48. The number of rotatable bonds is 4. The second-order valence-corrected chi connectivity index (χ2v) is 11.9. The van der Waals surface area contributed by atoms with Gasteiger partial charge in [-0.1, -0.05) is 45.0 Å². The standard InChI is InChI=1S/C28H43N3O2.H2/c1-21(32)31-16-10-22(11-17-31)26(33)29-25-9-12-28(24-8-6-5-7-23(24)25)14-19-30(20-15-28)18-13-27(2,3)4;/h5-8,22,25H,9-20H2,1-4H3,(H,29,33);1H/t25-;/m0./s1. The smallest absolute Gasteiger partial charge is 0.223 e. The van der Waals surface area contributed by atoms with Crippen LogP contribution in [0.25, 0.3) is 0 Å². The van der Waals surface area contributed by atoms with Crippen molar-refractivity contribution in [2.45, 2.75) is 84.1 Å². The Morgan fingerprint density at radius 1 is 1.03 bits per heavy atom. The molecule has 0 bridgehead atoms. The van der Waals surface area contributed by atoms with Crippen molar-refractivity contribution in [3.05, 3.63) is 35.4 Å². The molecule has 2 aliphatic heterocycles. The molecule has 0 radical (unpaired) electrons. The van der Waals surface area contributed by atoms with Crippen LogP contribution in [0.2, 0.25) is 0 Å². The van der Waals surface area contributed by atoms with E-state index in [1.165, 1.54) is 50.0 Å². The van der Waals surface area contributed by atoms with Crippen LogP contribution in [0.3, 0.4) is 0 Å². The van der Waals surface area contributed by atoms with Crippen LogP contribution < -0.4 is 5.32 Å². The molecule has 1 atom stereocenters. The van der Waals surface area contributed by atoms with Gasteiger partial charge in [-0.2, -0.15) is 0 Å². The van der Waals surface area contributed by atoms with Gasteiger partial charge < -0.3 is 15.1 Å². The molecule has 1 aromatic rings. The van der Waals surface area contributed by atoms with Gasteiger partial charge in [-0.05, 0) is 86.5 Å². The lowest BCUT2D eigenvalue weighted by molar-refractivity contribution is -0.134. The number of carbonyl (C=O) groups excluding carboxylic acids is 2. The number of hydrogen-bond acceptors (Lipinski definition) is 3. The maximum absolute atomic E-state index is 13.1. The summed E-state index contributed by atoms with van der Waals surface area (Å²) in [7, 11) is 0. The van der Waals surface area contributed by atoms with Gasteiger partial charge in [-0.3, -0.25) is 9.59 Å². The van der Waals surface area contributed by atoms with E-state index in [0.29, 0.717) is 18.5 Å². The minimum atomic E-state index is 0. The normalized spacial score (nSPS) is 23.9. The molecular formula is C28H45N3O2. The molecular weight excluding hydrogens is 410 g/mol. The second kappa shape index (κ2) is 9.77. The molecule has 0 unspecified atom stereocenters. The van der Waals surface area contributed by atoms with E-state index in [9.17, 15) is 9.59 Å². The highest BCUT2D eigenvalue weighted by atomic mass is 16.2. The maximum atomic E-state index is 13.1. The van der Waals surface area contributed by atoms with Crippen molar-refractivity contribution in [2.24, 2.45) is 11.3 Å². The van der Waals surface area contributed by atoms with Crippen molar-refractivity contribution < 1.29 is 11.0 Å². The van der Waals surface area contributed by atoms with E-state index >= 15 is 0 Å². The van der Waals surface area contributed by atoms with Crippen molar-refractivity contribution in [3.63, 3.8) is 0 Å². The molecule has 2 heterocycles. The van der Waals surface area contributed by atoms with Crippen molar-refractivity contribution in [3.8, 4) is 0 Å². The van der Waals surface area contributed by atoms with Gasteiger partial charge in [0.2, 0.25) is 11.8 Å². The van der Waals surface area contributed by atoms with Crippen molar-refractivity contribution >= 4 is 11.8 Å². The fourth-order valence-corrected chi connectivity index (χ4v) is 6.11. The number of hydrogen-bond donors (Lipinski definition) is 1. The highest BCUT2D eigenvalue weighted by Gasteiger charge is 2.42. The van der Waals surface area contributed by atoms with Crippen LogP contribution in [0, 0.1) is 11.3 Å². The summed E-state index contributed by atoms with van der Waals surface area (Å²) in [6, 6.07) is 8.98. The Morgan fingerprint density at radius 2 is 1.70 bits per heavy atom. The number of nitrogens with zero attached hydrogens (tertiary/aromatic N) is 2.